The third kappa shape index (κ3) is 8.22. The number of hydrogen-bond donors (Lipinski definition) is 3. The van der Waals surface area contributed by atoms with Gasteiger partial charge in [0, 0.05) is 37.8 Å². The Hall–Kier alpha value is -2.43. The topological polar surface area (TPSA) is 74.8 Å². The van der Waals surface area contributed by atoms with Crippen molar-refractivity contribution in [2.45, 2.75) is 26.6 Å². The van der Waals surface area contributed by atoms with Crippen molar-refractivity contribution >= 4 is 35.8 Å². The van der Waals surface area contributed by atoms with Gasteiger partial charge in [0.15, 0.2) is 5.96 Å². The number of hydrogen-bond acceptors (Lipinski definition) is 3. The summed E-state index contributed by atoms with van der Waals surface area (Å²) in [6, 6.07) is 13.8. The van der Waals surface area contributed by atoms with Crippen LogP contribution in [0.5, 0.6) is 5.75 Å². The number of alkyl halides is 2. The Morgan fingerprint density at radius 3 is 2.31 bits per heavy atom. The number of benzene rings is 2. The zero-order chi connectivity index (χ0) is 20.4. The fourth-order valence-electron chi connectivity index (χ4n) is 2.48. The predicted molar refractivity (Wildman–Crippen MR) is 120 cm³/mol. The highest BCUT2D eigenvalue weighted by Gasteiger charge is 2.09. The fraction of sp³-hybridized carbons (Fsp3) is 0.300. The number of nitrogens with zero attached hydrogens (tertiary/aromatic N) is 1. The Morgan fingerprint density at radius 2 is 1.69 bits per heavy atom. The number of rotatable bonds is 8. The Bertz CT molecular complexity index is 801. The average molecular weight is 518 g/mol. The first-order valence-corrected chi connectivity index (χ1v) is 8.87. The second kappa shape index (κ2) is 12.9. The molecule has 0 unspecified atom stereocenters. The molecule has 0 aliphatic rings. The van der Waals surface area contributed by atoms with Gasteiger partial charge >= 0.3 is 6.61 Å². The molecule has 0 radical (unpaired) electrons. The van der Waals surface area contributed by atoms with E-state index in [1.54, 1.807) is 37.4 Å². The summed E-state index contributed by atoms with van der Waals surface area (Å²) in [4.78, 5) is 15.9. The van der Waals surface area contributed by atoms with Gasteiger partial charge in [0.1, 0.15) is 5.75 Å². The smallest absolute Gasteiger partial charge is 0.387 e. The number of guanidine groups is 1. The van der Waals surface area contributed by atoms with Crippen LogP contribution in [0.1, 0.15) is 28.4 Å². The maximum Gasteiger partial charge on any atom is 0.387 e. The highest BCUT2D eigenvalue weighted by Crippen LogP contribution is 2.19. The summed E-state index contributed by atoms with van der Waals surface area (Å²) >= 11 is 0. The molecule has 0 heterocycles. The number of halogens is 3. The maximum atomic E-state index is 12.5. The Kier molecular flexibility index (Phi) is 11.0. The van der Waals surface area contributed by atoms with Gasteiger partial charge in [-0.3, -0.25) is 9.79 Å². The van der Waals surface area contributed by atoms with Gasteiger partial charge in [-0.05, 0) is 30.7 Å². The molecule has 0 atom stereocenters. The number of nitrogens with one attached hydrogen (secondary N) is 3. The molecule has 0 aromatic heterocycles. The van der Waals surface area contributed by atoms with Crippen LogP contribution in [0.15, 0.2) is 53.5 Å². The minimum absolute atomic E-state index is 0. The van der Waals surface area contributed by atoms with E-state index in [0.29, 0.717) is 30.2 Å². The lowest BCUT2D eigenvalue weighted by Gasteiger charge is -2.14. The summed E-state index contributed by atoms with van der Waals surface area (Å²) < 4.78 is 29.5. The molecular formula is C20H25F2IN4O2. The molecule has 0 spiro atoms. The van der Waals surface area contributed by atoms with E-state index in [4.69, 9.17) is 0 Å². The van der Waals surface area contributed by atoms with E-state index in [2.05, 4.69) is 25.7 Å². The molecule has 2 rings (SSSR count). The van der Waals surface area contributed by atoms with Crippen LogP contribution in [0.3, 0.4) is 0 Å². The van der Waals surface area contributed by atoms with Gasteiger partial charge in [0.2, 0.25) is 0 Å². The normalized spacial score (nSPS) is 10.9. The van der Waals surface area contributed by atoms with Gasteiger partial charge in [-0.15, -0.1) is 24.0 Å². The van der Waals surface area contributed by atoms with E-state index in [-0.39, 0.29) is 42.2 Å². The zero-order valence-corrected chi connectivity index (χ0v) is 18.6. The van der Waals surface area contributed by atoms with Crippen LogP contribution < -0.4 is 20.7 Å². The Labute approximate surface area is 186 Å². The Morgan fingerprint density at radius 1 is 1.03 bits per heavy atom. The van der Waals surface area contributed by atoms with Crippen LogP contribution in [-0.4, -0.2) is 32.1 Å². The second-order valence-corrected chi connectivity index (χ2v) is 5.82. The fourth-order valence-corrected chi connectivity index (χ4v) is 2.48. The quantitative estimate of drug-likeness (QED) is 0.284. The molecule has 9 heteroatoms. The van der Waals surface area contributed by atoms with Gasteiger partial charge in [0.05, 0.1) is 0 Å². The predicted octanol–water partition coefficient (Wildman–Crippen LogP) is 3.52. The molecule has 0 aliphatic heterocycles. The highest BCUT2D eigenvalue weighted by atomic mass is 127. The molecule has 0 aliphatic carbocycles. The largest absolute Gasteiger partial charge is 0.434 e. The second-order valence-electron chi connectivity index (χ2n) is 5.82. The molecule has 1 amide bonds. The van der Waals surface area contributed by atoms with E-state index in [1.165, 1.54) is 6.07 Å². The summed E-state index contributed by atoms with van der Waals surface area (Å²) in [5.74, 6) is 0.533. The highest BCUT2D eigenvalue weighted by molar-refractivity contribution is 14.0. The van der Waals surface area contributed by atoms with Crippen molar-refractivity contribution in [1.82, 2.24) is 16.0 Å². The molecule has 0 saturated heterocycles. The van der Waals surface area contributed by atoms with Gasteiger partial charge in [-0.2, -0.15) is 8.78 Å². The lowest BCUT2D eigenvalue weighted by atomic mass is 10.1. The summed E-state index contributed by atoms with van der Waals surface area (Å²) in [5.41, 5.74) is 2.17. The summed E-state index contributed by atoms with van der Waals surface area (Å²) in [5, 5.41) is 8.95. The van der Waals surface area contributed by atoms with E-state index in [0.717, 1.165) is 5.56 Å². The third-order valence-electron chi connectivity index (χ3n) is 3.87. The minimum Gasteiger partial charge on any atom is -0.434 e. The molecule has 0 bridgehead atoms. The third-order valence-corrected chi connectivity index (χ3v) is 3.87. The molecule has 2 aromatic rings. The van der Waals surface area contributed by atoms with Crippen LogP contribution in [-0.2, 0) is 13.1 Å². The van der Waals surface area contributed by atoms with Crippen LogP contribution in [0, 0.1) is 0 Å². The summed E-state index contributed by atoms with van der Waals surface area (Å²) in [6.45, 7) is 0.340. The van der Waals surface area contributed by atoms with Crippen molar-refractivity contribution in [1.29, 1.82) is 0 Å². The van der Waals surface area contributed by atoms with Gasteiger partial charge in [0.25, 0.3) is 5.91 Å². The molecule has 158 valence electrons. The molecule has 0 saturated carbocycles. The van der Waals surface area contributed by atoms with Crippen LogP contribution in [0.2, 0.25) is 0 Å². The van der Waals surface area contributed by atoms with E-state index in [9.17, 15) is 13.6 Å². The monoisotopic (exact) mass is 518 g/mol. The lowest BCUT2D eigenvalue weighted by molar-refractivity contribution is -0.0504. The van der Waals surface area contributed by atoms with Crippen molar-refractivity contribution in [3.8, 4) is 5.75 Å². The van der Waals surface area contributed by atoms with Crippen molar-refractivity contribution < 1.29 is 18.3 Å². The lowest BCUT2D eigenvalue weighted by Crippen LogP contribution is -2.36. The van der Waals surface area contributed by atoms with Crippen LogP contribution in [0.25, 0.3) is 0 Å². The molecule has 29 heavy (non-hydrogen) atoms. The van der Waals surface area contributed by atoms with Crippen LogP contribution >= 0.6 is 24.0 Å². The number of amides is 1. The number of ether oxygens (including phenoxy) is 1. The minimum atomic E-state index is -2.87. The number of para-hydroxylation sites is 1. The van der Waals surface area contributed by atoms with Gasteiger partial charge in [-0.1, -0.05) is 30.3 Å². The maximum absolute atomic E-state index is 12.5. The first kappa shape index (κ1) is 24.6. The van der Waals surface area contributed by atoms with Crippen molar-refractivity contribution in [2.75, 3.05) is 13.6 Å². The van der Waals surface area contributed by atoms with Crippen LogP contribution in [0.4, 0.5) is 8.78 Å². The molecular weight excluding hydrogens is 493 g/mol. The number of aliphatic imine (C=N–C) groups is 1. The number of carbonyl (C=O) groups excluding carboxylic acids is 1. The van der Waals surface area contributed by atoms with E-state index >= 15 is 0 Å². The number of carbonyl (C=O) groups is 1. The van der Waals surface area contributed by atoms with Crippen molar-refractivity contribution in [3.63, 3.8) is 0 Å². The van der Waals surface area contributed by atoms with Crippen molar-refractivity contribution in [3.05, 3.63) is 65.2 Å². The van der Waals surface area contributed by atoms with Gasteiger partial charge in [-0.25, -0.2) is 0 Å². The first-order valence-electron chi connectivity index (χ1n) is 8.87. The Balaban J connectivity index is 0.00000420. The molecule has 0 fully saturated rings. The van der Waals surface area contributed by atoms with Crippen molar-refractivity contribution in [2.24, 2.45) is 4.99 Å². The summed E-state index contributed by atoms with van der Waals surface area (Å²) in [7, 11) is 1.62. The SMILES string of the molecule is CCNC(=O)c1ccc(CNC(=NC)NCc2ccccc2OC(F)F)cc1.I. The molecule has 2 aromatic carbocycles. The van der Waals surface area contributed by atoms with E-state index < -0.39 is 6.61 Å². The first-order chi connectivity index (χ1) is 13.5. The zero-order valence-electron chi connectivity index (χ0n) is 16.2. The van der Waals surface area contributed by atoms with E-state index in [1.807, 2.05) is 19.1 Å². The average Bonchev–Trinajstić information content (AvgIpc) is 2.69. The van der Waals surface area contributed by atoms with Gasteiger partial charge < -0.3 is 20.7 Å². The molecule has 6 nitrogen and oxygen atoms in total. The molecule has 3 N–H and O–H groups in total. The standard InChI is InChI=1S/C20H24F2N4O2.HI/c1-3-24-18(27)15-10-8-14(9-11-15)12-25-20(23-2)26-13-16-6-4-5-7-17(16)28-19(21)22;/h4-11,19H,3,12-13H2,1-2H3,(H,24,27)(H2,23,25,26);1H. The summed E-state index contributed by atoms with van der Waals surface area (Å²) in [6.07, 6.45) is 0.